The lowest BCUT2D eigenvalue weighted by Gasteiger charge is -2.28. The molecule has 0 saturated heterocycles. The smallest absolute Gasteiger partial charge is 0.422 e. The van der Waals surface area contributed by atoms with E-state index < -0.39 is 23.2 Å². The zero-order valence-electron chi connectivity index (χ0n) is 15.4. The van der Waals surface area contributed by atoms with Gasteiger partial charge in [-0.25, -0.2) is 10.2 Å². The lowest BCUT2D eigenvalue weighted by molar-refractivity contribution is -0.144. The summed E-state index contributed by atoms with van der Waals surface area (Å²) in [6.07, 6.45) is -0.661. The van der Waals surface area contributed by atoms with Crippen LogP contribution in [-0.2, 0) is 16.0 Å². The van der Waals surface area contributed by atoms with E-state index in [4.69, 9.17) is 14.2 Å². The molecular formula is C17H26N2O6. The first-order chi connectivity index (χ1) is 11.5. The fraction of sp³-hybridized carbons (Fsp3) is 0.529. The Morgan fingerprint density at radius 1 is 1.08 bits per heavy atom. The quantitative estimate of drug-likeness (QED) is 0.644. The van der Waals surface area contributed by atoms with Crippen LogP contribution in [0.2, 0.25) is 0 Å². The van der Waals surface area contributed by atoms with Crippen molar-refractivity contribution in [3.63, 3.8) is 0 Å². The third kappa shape index (κ3) is 6.15. The molecule has 0 aromatic heterocycles. The maximum atomic E-state index is 11.7. The standard InChI is InChI=1S/C17H26N2O6/c1-16(2,3)25-15(22)18-19-17(4,14(20)21)10-11-7-8-12(23-5)13(9-11)24-6/h7-9,19H,10H2,1-6H3,(H,18,22)(H,20,21)/t17-/m0/s1. The van der Waals surface area contributed by atoms with Gasteiger partial charge in [-0.15, -0.1) is 0 Å². The van der Waals surface area contributed by atoms with Gasteiger partial charge in [0.15, 0.2) is 11.5 Å². The van der Waals surface area contributed by atoms with E-state index >= 15 is 0 Å². The Hall–Kier alpha value is -2.48. The van der Waals surface area contributed by atoms with Gasteiger partial charge in [-0.2, -0.15) is 0 Å². The number of carbonyl (C=O) groups excluding carboxylic acids is 1. The minimum Gasteiger partial charge on any atom is -0.493 e. The number of ether oxygens (including phenoxy) is 3. The molecule has 0 aliphatic heterocycles. The van der Waals surface area contributed by atoms with E-state index in [1.54, 1.807) is 39.0 Å². The topological polar surface area (TPSA) is 106 Å². The van der Waals surface area contributed by atoms with Crippen molar-refractivity contribution in [1.29, 1.82) is 0 Å². The van der Waals surface area contributed by atoms with Gasteiger partial charge in [0.1, 0.15) is 11.1 Å². The lowest BCUT2D eigenvalue weighted by atomic mass is 9.93. The van der Waals surface area contributed by atoms with E-state index in [0.29, 0.717) is 17.1 Å². The highest BCUT2D eigenvalue weighted by Crippen LogP contribution is 2.29. The molecule has 0 aliphatic rings. The zero-order valence-corrected chi connectivity index (χ0v) is 15.4. The monoisotopic (exact) mass is 354 g/mol. The predicted octanol–water partition coefficient (Wildman–Crippen LogP) is 2.12. The van der Waals surface area contributed by atoms with Crippen LogP contribution in [0.5, 0.6) is 11.5 Å². The normalized spacial score (nSPS) is 13.5. The van der Waals surface area contributed by atoms with Crippen LogP contribution in [-0.4, -0.2) is 42.5 Å². The van der Waals surface area contributed by atoms with Crippen molar-refractivity contribution in [3.05, 3.63) is 23.8 Å². The molecule has 8 nitrogen and oxygen atoms in total. The predicted molar refractivity (Wildman–Crippen MR) is 91.8 cm³/mol. The first-order valence-corrected chi connectivity index (χ1v) is 7.71. The average Bonchev–Trinajstić information content (AvgIpc) is 2.51. The summed E-state index contributed by atoms with van der Waals surface area (Å²) in [4.78, 5) is 23.4. The fourth-order valence-electron chi connectivity index (χ4n) is 2.06. The number of carboxylic acids is 1. The van der Waals surface area contributed by atoms with Crippen molar-refractivity contribution in [2.75, 3.05) is 14.2 Å². The van der Waals surface area contributed by atoms with Crippen molar-refractivity contribution >= 4 is 12.1 Å². The van der Waals surface area contributed by atoms with Gasteiger partial charge in [-0.05, 0) is 45.4 Å². The Kier molecular flexibility index (Phi) is 6.63. The number of hydrazine groups is 1. The van der Waals surface area contributed by atoms with Crippen LogP contribution in [0.15, 0.2) is 18.2 Å². The summed E-state index contributed by atoms with van der Waals surface area (Å²) in [5, 5.41) is 9.56. The van der Waals surface area contributed by atoms with Crippen molar-refractivity contribution < 1.29 is 28.9 Å². The number of rotatable bonds is 7. The van der Waals surface area contributed by atoms with Gasteiger partial charge < -0.3 is 19.3 Å². The molecule has 140 valence electrons. The minimum atomic E-state index is -1.45. The number of carbonyl (C=O) groups is 2. The van der Waals surface area contributed by atoms with Gasteiger partial charge in [-0.1, -0.05) is 6.07 Å². The molecule has 8 heteroatoms. The third-order valence-electron chi connectivity index (χ3n) is 3.32. The SMILES string of the molecule is COc1ccc(C[C@](C)(NNC(=O)OC(C)(C)C)C(=O)O)cc1OC. The third-order valence-corrected chi connectivity index (χ3v) is 3.32. The number of aliphatic carboxylic acids is 1. The van der Waals surface area contributed by atoms with Crippen LogP contribution in [0, 0.1) is 0 Å². The van der Waals surface area contributed by atoms with E-state index in [2.05, 4.69) is 10.9 Å². The van der Waals surface area contributed by atoms with E-state index in [-0.39, 0.29) is 6.42 Å². The highest BCUT2D eigenvalue weighted by atomic mass is 16.6. The molecule has 25 heavy (non-hydrogen) atoms. The Labute approximate surface area is 147 Å². The van der Waals surface area contributed by atoms with Crippen molar-refractivity contribution in [2.24, 2.45) is 0 Å². The van der Waals surface area contributed by atoms with E-state index in [1.807, 2.05) is 0 Å². The second-order valence-electron chi connectivity index (χ2n) is 6.76. The number of hydrogen-bond donors (Lipinski definition) is 3. The maximum absolute atomic E-state index is 11.7. The van der Waals surface area contributed by atoms with Gasteiger partial charge >= 0.3 is 12.1 Å². The Balaban J connectivity index is 2.88. The number of methoxy groups -OCH3 is 2. The first kappa shape index (κ1) is 20.6. The van der Waals surface area contributed by atoms with Crippen molar-refractivity contribution in [1.82, 2.24) is 10.9 Å². The number of carboxylic acid groups (broad SMARTS) is 1. The van der Waals surface area contributed by atoms with E-state index in [1.165, 1.54) is 21.1 Å². The molecule has 0 saturated carbocycles. The highest BCUT2D eigenvalue weighted by Gasteiger charge is 2.34. The average molecular weight is 354 g/mol. The summed E-state index contributed by atoms with van der Waals surface area (Å²) >= 11 is 0. The van der Waals surface area contributed by atoms with E-state index in [0.717, 1.165) is 0 Å². The van der Waals surface area contributed by atoms with Gasteiger partial charge in [0.05, 0.1) is 14.2 Å². The minimum absolute atomic E-state index is 0.0957. The second kappa shape index (κ2) is 8.06. The first-order valence-electron chi connectivity index (χ1n) is 7.71. The van der Waals surface area contributed by atoms with Gasteiger partial charge in [0, 0.05) is 6.42 Å². The second-order valence-corrected chi connectivity index (χ2v) is 6.76. The number of hydrogen-bond acceptors (Lipinski definition) is 6. The Bertz CT molecular complexity index is 626. The number of nitrogens with one attached hydrogen (secondary N) is 2. The molecule has 3 N–H and O–H groups in total. The molecule has 0 unspecified atom stereocenters. The zero-order chi connectivity index (χ0) is 19.3. The molecule has 1 rings (SSSR count). The maximum Gasteiger partial charge on any atom is 0.422 e. The molecule has 1 amide bonds. The Morgan fingerprint density at radius 2 is 1.68 bits per heavy atom. The summed E-state index contributed by atoms with van der Waals surface area (Å²) in [6.45, 7) is 6.61. The van der Waals surface area contributed by atoms with Crippen molar-refractivity contribution in [3.8, 4) is 11.5 Å². The molecule has 0 spiro atoms. The van der Waals surface area contributed by atoms with Gasteiger partial charge in [-0.3, -0.25) is 10.2 Å². The molecule has 1 aromatic carbocycles. The molecular weight excluding hydrogens is 328 g/mol. The number of amides is 1. The molecule has 0 radical (unpaired) electrons. The van der Waals surface area contributed by atoms with Crippen LogP contribution < -0.4 is 20.3 Å². The molecule has 0 aliphatic carbocycles. The summed E-state index contributed by atoms with van der Waals surface area (Å²) < 4.78 is 15.5. The van der Waals surface area contributed by atoms with Crippen LogP contribution >= 0.6 is 0 Å². The van der Waals surface area contributed by atoms with Crippen LogP contribution in [0.1, 0.15) is 33.3 Å². The van der Waals surface area contributed by atoms with Gasteiger partial charge in [0.2, 0.25) is 0 Å². The van der Waals surface area contributed by atoms with E-state index in [9.17, 15) is 14.7 Å². The number of benzene rings is 1. The molecule has 0 heterocycles. The van der Waals surface area contributed by atoms with Crippen molar-refractivity contribution in [2.45, 2.75) is 45.3 Å². The summed E-state index contributed by atoms with van der Waals surface area (Å²) in [6, 6.07) is 5.12. The summed E-state index contributed by atoms with van der Waals surface area (Å²) in [5.41, 5.74) is 3.38. The molecule has 0 fully saturated rings. The highest BCUT2D eigenvalue weighted by molar-refractivity contribution is 5.79. The lowest BCUT2D eigenvalue weighted by Crippen LogP contribution is -2.59. The van der Waals surface area contributed by atoms with Crippen LogP contribution in [0.4, 0.5) is 4.79 Å². The molecule has 0 bridgehead atoms. The largest absolute Gasteiger partial charge is 0.493 e. The molecule has 1 aromatic rings. The molecule has 1 atom stereocenters. The van der Waals surface area contributed by atoms with Gasteiger partial charge in [0.25, 0.3) is 0 Å². The Morgan fingerprint density at radius 3 is 2.16 bits per heavy atom. The fourth-order valence-corrected chi connectivity index (χ4v) is 2.06. The summed E-state index contributed by atoms with van der Waals surface area (Å²) in [7, 11) is 3.02. The van der Waals surface area contributed by atoms with Crippen LogP contribution in [0.25, 0.3) is 0 Å². The van der Waals surface area contributed by atoms with Crippen LogP contribution in [0.3, 0.4) is 0 Å². The summed E-state index contributed by atoms with van der Waals surface area (Å²) in [5.74, 6) is -0.0886.